The molecule has 0 spiro atoms. The SMILES string of the molecule is CCCCCC(C[C-](c1ccccc1)c1ccccc1)c1ccccc1. The third kappa shape index (κ3) is 5.02. The lowest BCUT2D eigenvalue weighted by Gasteiger charge is -2.30. The lowest BCUT2D eigenvalue weighted by Crippen LogP contribution is -2.09. The average molecular weight is 342 g/mol. The first-order valence-electron chi connectivity index (χ1n) is 9.90. The fraction of sp³-hybridized carbons (Fsp3) is 0.269. The number of rotatable bonds is 9. The van der Waals surface area contributed by atoms with Gasteiger partial charge in [-0.15, -0.1) is 41.3 Å². The van der Waals surface area contributed by atoms with Gasteiger partial charge >= 0.3 is 0 Å². The highest BCUT2D eigenvalue weighted by molar-refractivity contribution is 5.46. The molecular formula is C26H29-. The Hall–Kier alpha value is -2.47. The van der Waals surface area contributed by atoms with Gasteiger partial charge in [0.15, 0.2) is 0 Å². The maximum Gasteiger partial charge on any atom is -0.0186 e. The first-order valence-corrected chi connectivity index (χ1v) is 9.90. The lowest BCUT2D eigenvalue weighted by molar-refractivity contribution is 0.550. The lowest BCUT2D eigenvalue weighted by atomic mass is 9.79. The molecule has 0 N–H and O–H groups in total. The molecule has 0 fully saturated rings. The van der Waals surface area contributed by atoms with Gasteiger partial charge in [-0.3, -0.25) is 0 Å². The van der Waals surface area contributed by atoms with Gasteiger partial charge in [0.25, 0.3) is 0 Å². The van der Waals surface area contributed by atoms with Crippen LogP contribution >= 0.6 is 0 Å². The summed E-state index contributed by atoms with van der Waals surface area (Å²) in [4.78, 5) is 0. The van der Waals surface area contributed by atoms with E-state index in [9.17, 15) is 0 Å². The summed E-state index contributed by atoms with van der Waals surface area (Å²) in [5.74, 6) is 2.02. The van der Waals surface area contributed by atoms with Gasteiger partial charge in [0.2, 0.25) is 0 Å². The summed E-state index contributed by atoms with van der Waals surface area (Å²) < 4.78 is 0. The Morgan fingerprint density at radius 3 is 1.65 bits per heavy atom. The molecule has 0 heteroatoms. The van der Waals surface area contributed by atoms with Crippen LogP contribution in [-0.2, 0) is 0 Å². The molecular weight excluding hydrogens is 312 g/mol. The molecule has 0 nitrogen and oxygen atoms in total. The molecule has 0 radical (unpaired) electrons. The second-order valence-electron chi connectivity index (χ2n) is 7.02. The minimum Gasteiger partial charge on any atom is -0.120 e. The van der Waals surface area contributed by atoms with Gasteiger partial charge in [0.1, 0.15) is 0 Å². The van der Waals surface area contributed by atoms with E-state index in [1.54, 1.807) is 0 Å². The minimum atomic E-state index is 0.568. The summed E-state index contributed by atoms with van der Waals surface area (Å²) >= 11 is 0. The van der Waals surface area contributed by atoms with Crippen LogP contribution in [0.15, 0.2) is 91.0 Å². The zero-order valence-corrected chi connectivity index (χ0v) is 15.8. The van der Waals surface area contributed by atoms with Crippen molar-refractivity contribution in [1.82, 2.24) is 0 Å². The van der Waals surface area contributed by atoms with Crippen LogP contribution < -0.4 is 0 Å². The molecule has 0 bridgehead atoms. The van der Waals surface area contributed by atoms with E-state index in [-0.39, 0.29) is 0 Å². The van der Waals surface area contributed by atoms with Crippen LogP contribution in [-0.4, -0.2) is 0 Å². The molecule has 0 saturated heterocycles. The quantitative estimate of drug-likeness (QED) is 0.281. The van der Waals surface area contributed by atoms with Crippen LogP contribution in [0, 0.1) is 5.92 Å². The molecule has 3 aromatic rings. The van der Waals surface area contributed by atoms with Crippen molar-refractivity contribution in [2.24, 2.45) is 0 Å². The Balaban J connectivity index is 1.89. The van der Waals surface area contributed by atoms with E-state index in [1.165, 1.54) is 48.3 Å². The van der Waals surface area contributed by atoms with Crippen LogP contribution in [0.4, 0.5) is 0 Å². The van der Waals surface area contributed by atoms with Crippen molar-refractivity contribution >= 4 is 0 Å². The topological polar surface area (TPSA) is 0 Å². The zero-order valence-electron chi connectivity index (χ0n) is 15.8. The number of hydrogen-bond acceptors (Lipinski definition) is 0. The second kappa shape index (κ2) is 9.87. The molecule has 134 valence electrons. The summed E-state index contributed by atoms with van der Waals surface area (Å²) in [6.07, 6.45) is 6.22. The third-order valence-electron chi connectivity index (χ3n) is 5.12. The van der Waals surface area contributed by atoms with Gasteiger partial charge in [-0.05, 0) is 24.3 Å². The van der Waals surface area contributed by atoms with E-state index in [0.717, 1.165) is 6.42 Å². The Morgan fingerprint density at radius 2 is 1.15 bits per heavy atom. The van der Waals surface area contributed by atoms with E-state index in [1.807, 2.05) is 0 Å². The van der Waals surface area contributed by atoms with Crippen molar-refractivity contribution in [2.75, 3.05) is 0 Å². The molecule has 0 aliphatic rings. The summed E-state index contributed by atoms with van der Waals surface area (Å²) in [6.45, 7) is 2.28. The Kier molecular flexibility index (Phi) is 6.96. The molecule has 0 aliphatic carbocycles. The van der Waals surface area contributed by atoms with Crippen molar-refractivity contribution in [2.45, 2.75) is 44.9 Å². The van der Waals surface area contributed by atoms with E-state index in [4.69, 9.17) is 0 Å². The van der Waals surface area contributed by atoms with Crippen LogP contribution in [0.2, 0.25) is 0 Å². The molecule has 0 heterocycles. The second-order valence-corrected chi connectivity index (χ2v) is 7.02. The maximum atomic E-state index is 2.30. The van der Waals surface area contributed by atoms with Gasteiger partial charge < -0.3 is 0 Å². The van der Waals surface area contributed by atoms with E-state index in [2.05, 4.69) is 97.9 Å². The van der Waals surface area contributed by atoms with Gasteiger partial charge in [0, 0.05) is 0 Å². The summed E-state index contributed by atoms with van der Waals surface area (Å²) in [7, 11) is 0. The largest absolute Gasteiger partial charge is 0.120 e. The van der Waals surface area contributed by atoms with Crippen LogP contribution in [0.5, 0.6) is 0 Å². The van der Waals surface area contributed by atoms with Crippen molar-refractivity contribution in [1.29, 1.82) is 0 Å². The van der Waals surface area contributed by atoms with Gasteiger partial charge in [-0.1, -0.05) is 92.9 Å². The Morgan fingerprint density at radius 1 is 0.654 bits per heavy atom. The maximum absolute atomic E-state index is 2.30. The standard InChI is InChI=1S/C26H29/c1-2-3-7-20-25(22-14-8-4-9-15-22)21-26(23-16-10-5-11-17-23)24-18-12-6-13-19-24/h4-6,8-19,25H,2-3,7,20-21H2,1H3/q-1. The molecule has 0 aliphatic heterocycles. The molecule has 0 amide bonds. The highest BCUT2D eigenvalue weighted by atomic mass is 14.2. The van der Waals surface area contributed by atoms with Gasteiger partial charge in [0.05, 0.1) is 0 Å². The molecule has 3 aromatic carbocycles. The average Bonchev–Trinajstić information content (AvgIpc) is 2.72. The monoisotopic (exact) mass is 341 g/mol. The molecule has 1 atom stereocenters. The predicted molar refractivity (Wildman–Crippen MR) is 112 cm³/mol. The highest BCUT2D eigenvalue weighted by Crippen LogP contribution is 2.36. The smallest absolute Gasteiger partial charge is 0.0186 e. The normalized spacial score (nSPS) is 11.9. The number of hydrogen-bond donors (Lipinski definition) is 0. The van der Waals surface area contributed by atoms with Crippen molar-refractivity contribution < 1.29 is 0 Å². The van der Waals surface area contributed by atoms with E-state index in [0.29, 0.717) is 5.92 Å². The third-order valence-corrected chi connectivity index (χ3v) is 5.12. The zero-order chi connectivity index (χ0) is 18.0. The first kappa shape index (κ1) is 18.3. The fourth-order valence-corrected chi connectivity index (χ4v) is 3.68. The van der Waals surface area contributed by atoms with E-state index < -0.39 is 0 Å². The number of unbranched alkanes of at least 4 members (excludes halogenated alkanes) is 2. The van der Waals surface area contributed by atoms with Crippen molar-refractivity contribution in [3.05, 3.63) is 114 Å². The Bertz CT molecular complexity index is 691. The Labute approximate surface area is 158 Å². The van der Waals surface area contributed by atoms with E-state index >= 15 is 0 Å². The summed E-state index contributed by atoms with van der Waals surface area (Å²) in [5, 5.41) is 0. The van der Waals surface area contributed by atoms with Crippen LogP contribution in [0.1, 0.15) is 61.6 Å². The van der Waals surface area contributed by atoms with Crippen LogP contribution in [0.3, 0.4) is 0 Å². The molecule has 1 unspecified atom stereocenters. The fourth-order valence-electron chi connectivity index (χ4n) is 3.68. The van der Waals surface area contributed by atoms with Gasteiger partial charge in [-0.25, -0.2) is 0 Å². The van der Waals surface area contributed by atoms with Gasteiger partial charge in [-0.2, -0.15) is 0 Å². The molecule has 26 heavy (non-hydrogen) atoms. The summed E-state index contributed by atoms with van der Waals surface area (Å²) in [6, 6.07) is 32.8. The van der Waals surface area contributed by atoms with Crippen LogP contribution in [0.25, 0.3) is 0 Å². The first-order chi connectivity index (χ1) is 12.9. The number of benzene rings is 3. The molecule has 0 aromatic heterocycles. The predicted octanol–water partition coefficient (Wildman–Crippen LogP) is 7.41. The minimum absolute atomic E-state index is 0.568. The van der Waals surface area contributed by atoms with Crippen molar-refractivity contribution in [3.63, 3.8) is 0 Å². The highest BCUT2D eigenvalue weighted by Gasteiger charge is 2.16. The molecule has 0 saturated carbocycles. The summed E-state index contributed by atoms with van der Waals surface area (Å²) in [5.41, 5.74) is 4.15. The molecule has 3 rings (SSSR count). The van der Waals surface area contributed by atoms with Crippen molar-refractivity contribution in [3.8, 4) is 0 Å².